The number of benzene rings is 1. The molecule has 0 aliphatic carbocycles. The second kappa shape index (κ2) is 4.10. The highest BCUT2D eigenvalue weighted by atomic mass is 16.4. The lowest BCUT2D eigenvalue weighted by Gasteiger charge is -2.08. The van der Waals surface area contributed by atoms with Crippen LogP contribution in [-0.4, -0.2) is 22.2 Å². The summed E-state index contributed by atoms with van der Waals surface area (Å²) in [5.41, 5.74) is 6.29. The van der Waals surface area contributed by atoms with Crippen molar-refractivity contribution >= 4 is 11.9 Å². The maximum Gasteiger partial charge on any atom is 0.335 e. The van der Waals surface area contributed by atoms with E-state index in [1.165, 1.54) is 12.1 Å². The molecule has 0 amide bonds. The third-order valence-electron chi connectivity index (χ3n) is 2.12. The van der Waals surface area contributed by atoms with Gasteiger partial charge in [0.05, 0.1) is 5.56 Å². The molecule has 0 aliphatic rings. The summed E-state index contributed by atoms with van der Waals surface area (Å²) in [6.07, 6.45) is 0. The van der Waals surface area contributed by atoms with Crippen molar-refractivity contribution in [3.05, 3.63) is 34.9 Å². The molecule has 0 bridgehead atoms. The molecule has 4 N–H and O–H groups in total. The molecular weight excluding hydrogens is 198 g/mol. The smallest absolute Gasteiger partial charge is 0.335 e. The molecule has 1 aromatic carbocycles. The first-order valence-corrected chi connectivity index (χ1v) is 4.25. The molecule has 1 rings (SSSR count). The molecule has 0 aliphatic heterocycles. The van der Waals surface area contributed by atoms with Gasteiger partial charge in [-0.15, -0.1) is 0 Å². The van der Waals surface area contributed by atoms with E-state index in [0.717, 1.165) is 0 Å². The number of rotatable bonds is 3. The highest BCUT2D eigenvalue weighted by molar-refractivity contribution is 5.90. The van der Waals surface area contributed by atoms with Gasteiger partial charge in [-0.3, -0.25) is 4.79 Å². The van der Waals surface area contributed by atoms with Gasteiger partial charge in [-0.05, 0) is 24.1 Å². The van der Waals surface area contributed by atoms with Gasteiger partial charge in [-0.1, -0.05) is 12.1 Å². The van der Waals surface area contributed by atoms with Crippen LogP contribution in [-0.2, 0) is 4.79 Å². The molecule has 1 atom stereocenters. The van der Waals surface area contributed by atoms with Crippen LogP contribution in [0.25, 0.3) is 0 Å². The quantitative estimate of drug-likeness (QED) is 0.682. The highest BCUT2D eigenvalue weighted by Gasteiger charge is 2.16. The zero-order valence-electron chi connectivity index (χ0n) is 8.10. The summed E-state index contributed by atoms with van der Waals surface area (Å²) in [6.45, 7) is 1.64. The summed E-state index contributed by atoms with van der Waals surface area (Å²) in [4.78, 5) is 21.4. The summed E-state index contributed by atoms with van der Waals surface area (Å²) in [6, 6.07) is 3.15. The van der Waals surface area contributed by atoms with Crippen LogP contribution in [0.5, 0.6) is 0 Å². The van der Waals surface area contributed by atoms with Crippen LogP contribution in [0.15, 0.2) is 18.2 Å². The third kappa shape index (κ3) is 2.32. The Hall–Kier alpha value is -1.88. The fourth-order valence-electron chi connectivity index (χ4n) is 1.21. The Bertz CT molecular complexity index is 414. The minimum atomic E-state index is -1.19. The van der Waals surface area contributed by atoms with Crippen molar-refractivity contribution in [1.29, 1.82) is 0 Å². The van der Waals surface area contributed by atoms with Crippen molar-refractivity contribution in [2.75, 3.05) is 0 Å². The molecule has 80 valence electrons. The number of aryl methyl sites for hydroxylation is 1. The molecule has 0 saturated heterocycles. The lowest BCUT2D eigenvalue weighted by atomic mass is 10.0. The number of carboxylic acids is 2. The number of carbonyl (C=O) groups is 2. The summed E-state index contributed by atoms with van der Waals surface area (Å²) in [5, 5.41) is 17.5. The first-order chi connectivity index (χ1) is 6.93. The van der Waals surface area contributed by atoms with E-state index in [9.17, 15) is 9.59 Å². The van der Waals surface area contributed by atoms with Gasteiger partial charge in [-0.2, -0.15) is 0 Å². The van der Waals surface area contributed by atoms with Gasteiger partial charge in [-0.25, -0.2) is 4.79 Å². The van der Waals surface area contributed by atoms with Gasteiger partial charge in [0.2, 0.25) is 0 Å². The van der Waals surface area contributed by atoms with E-state index >= 15 is 0 Å². The van der Waals surface area contributed by atoms with Crippen LogP contribution in [0.4, 0.5) is 0 Å². The Morgan fingerprint density at radius 2 is 1.93 bits per heavy atom. The number of hydrogen-bond donors (Lipinski definition) is 3. The molecule has 15 heavy (non-hydrogen) atoms. The molecule has 0 heterocycles. The predicted molar refractivity (Wildman–Crippen MR) is 52.7 cm³/mol. The van der Waals surface area contributed by atoms with Gasteiger partial charge < -0.3 is 15.9 Å². The van der Waals surface area contributed by atoms with E-state index in [-0.39, 0.29) is 11.1 Å². The molecule has 0 saturated carbocycles. The van der Waals surface area contributed by atoms with E-state index in [1.807, 2.05) is 0 Å². The van der Waals surface area contributed by atoms with Crippen LogP contribution in [0.1, 0.15) is 27.5 Å². The van der Waals surface area contributed by atoms with E-state index in [2.05, 4.69) is 0 Å². The number of aromatic carboxylic acids is 1. The molecular formula is C10H11NO4. The van der Waals surface area contributed by atoms with Gasteiger partial charge in [0.15, 0.2) is 0 Å². The first kappa shape index (κ1) is 11.2. The van der Waals surface area contributed by atoms with Crippen molar-refractivity contribution < 1.29 is 19.8 Å². The number of hydrogen-bond acceptors (Lipinski definition) is 3. The molecule has 5 heteroatoms. The second-order valence-corrected chi connectivity index (χ2v) is 3.20. The zero-order valence-corrected chi connectivity index (χ0v) is 8.10. The van der Waals surface area contributed by atoms with E-state index < -0.39 is 18.0 Å². The van der Waals surface area contributed by atoms with Crippen LogP contribution < -0.4 is 5.73 Å². The van der Waals surface area contributed by atoms with E-state index in [1.54, 1.807) is 13.0 Å². The predicted octanol–water partition coefficient (Wildman–Crippen LogP) is 0.778. The van der Waals surface area contributed by atoms with Gasteiger partial charge in [0, 0.05) is 0 Å². The molecule has 0 spiro atoms. The SMILES string of the molecule is Cc1ccc(C(N)C(=O)O)cc1C(=O)O. The van der Waals surface area contributed by atoms with Crippen molar-refractivity contribution in [2.24, 2.45) is 5.73 Å². The summed E-state index contributed by atoms with van der Waals surface area (Å²) < 4.78 is 0. The molecule has 1 aromatic rings. The molecule has 0 radical (unpaired) electrons. The Kier molecular flexibility index (Phi) is 3.06. The Balaban J connectivity index is 3.18. The minimum Gasteiger partial charge on any atom is -0.480 e. The van der Waals surface area contributed by atoms with Gasteiger partial charge in [0.1, 0.15) is 6.04 Å². The number of nitrogens with two attached hydrogens (primary N) is 1. The Morgan fingerprint density at radius 1 is 1.33 bits per heavy atom. The lowest BCUT2D eigenvalue weighted by molar-refractivity contribution is -0.138. The van der Waals surface area contributed by atoms with Crippen LogP contribution in [0, 0.1) is 6.92 Å². The van der Waals surface area contributed by atoms with Crippen molar-refractivity contribution in [2.45, 2.75) is 13.0 Å². The normalized spacial score (nSPS) is 12.1. The highest BCUT2D eigenvalue weighted by Crippen LogP contribution is 2.16. The summed E-state index contributed by atoms with van der Waals surface area (Å²) in [7, 11) is 0. The van der Waals surface area contributed by atoms with Gasteiger partial charge in [0.25, 0.3) is 0 Å². The van der Waals surface area contributed by atoms with Crippen molar-refractivity contribution in [3.8, 4) is 0 Å². The molecule has 0 aromatic heterocycles. The average Bonchev–Trinajstić information content (AvgIpc) is 2.16. The topological polar surface area (TPSA) is 101 Å². The monoisotopic (exact) mass is 209 g/mol. The second-order valence-electron chi connectivity index (χ2n) is 3.20. The lowest BCUT2D eigenvalue weighted by Crippen LogP contribution is -2.21. The van der Waals surface area contributed by atoms with E-state index in [4.69, 9.17) is 15.9 Å². The number of aliphatic carboxylic acids is 1. The first-order valence-electron chi connectivity index (χ1n) is 4.25. The zero-order chi connectivity index (χ0) is 11.6. The largest absolute Gasteiger partial charge is 0.480 e. The van der Waals surface area contributed by atoms with Crippen LogP contribution >= 0.6 is 0 Å². The summed E-state index contributed by atoms with van der Waals surface area (Å²) in [5.74, 6) is -2.28. The average molecular weight is 209 g/mol. The fraction of sp³-hybridized carbons (Fsp3) is 0.200. The maximum atomic E-state index is 10.8. The molecule has 1 unspecified atom stereocenters. The molecule has 5 nitrogen and oxygen atoms in total. The van der Waals surface area contributed by atoms with E-state index in [0.29, 0.717) is 5.56 Å². The maximum absolute atomic E-state index is 10.8. The minimum absolute atomic E-state index is 0.0733. The van der Waals surface area contributed by atoms with Gasteiger partial charge >= 0.3 is 11.9 Å². The van der Waals surface area contributed by atoms with Crippen LogP contribution in [0.2, 0.25) is 0 Å². The standard InChI is InChI=1S/C10H11NO4/c1-5-2-3-6(8(11)10(14)15)4-7(5)9(12)13/h2-4,8H,11H2,1H3,(H,12,13)(H,14,15). The third-order valence-corrected chi connectivity index (χ3v) is 2.12. The number of carboxylic acid groups (broad SMARTS) is 2. The van der Waals surface area contributed by atoms with Crippen molar-refractivity contribution in [3.63, 3.8) is 0 Å². The fourth-order valence-corrected chi connectivity index (χ4v) is 1.21. The van der Waals surface area contributed by atoms with Crippen molar-refractivity contribution in [1.82, 2.24) is 0 Å². The Morgan fingerprint density at radius 3 is 2.40 bits per heavy atom. The Labute approximate surface area is 86.1 Å². The molecule has 0 fully saturated rings. The summed E-state index contributed by atoms with van der Waals surface area (Å²) >= 11 is 0. The van der Waals surface area contributed by atoms with Crippen LogP contribution in [0.3, 0.4) is 0 Å².